The second-order valence-electron chi connectivity index (χ2n) is 7.60. The maximum Gasteiger partial charge on any atom is 0.409 e. The van der Waals surface area contributed by atoms with Gasteiger partial charge < -0.3 is 24.6 Å². The number of hydrogen-bond acceptors (Lipinski definition) is 4. The number of piperazine rings is 1. The number of benzene rings is 1. The molecule has 2 aliphatic rings. The largest absolute Gasteiger partial charge is 0.450 e. The van der Waals surface area contributed by atoms with Crippen LogP contribution in [0.3, 0.4) is 0 Å². The number of amides is 1. The zero-order valence-corrected chi connectivity index (χ0v) is 17.7. The lowest BCUT2D eigenvalue weighted by Crippen LogP contribution is -2.54. The van der Waals surface area contributed by atoms with Gasteiger partial charge in [0.1, 0.15) is 0 Å². The van der Waals surface area contributed by atoms with Gasteiger partial charge in [0.05, 0.1) is 13.2 Å². The molecular weight excluding hydrogens is 368 g/mol. The van der Waals surface area contributed by atoms with Crippen molar-refractivity contribution in [3.8, 4) is 0 Å². The van der Waals surface area contributed by atoms with Gasteiger partial charge in [0.2, 0.25) is 0 Å². The predicted octanol–water partition coefficient (Wildman–Crippen LogP) is 2.47. The molecule has 0 aromatic heterocycles. The molecule has 0 bridgehead atoms. The Bertz CT molecular complexity index is 666. The van der Waals surface area contributed by atoms with Crippen molar-refractivity contribution in [1.82, 2.24) is 15.1 Å². The van der Waals surface area contributed by atoms with E-state index in [0.29, 0.717) is 19.7 Å². The summed E-state index contributed by atoms with van der Waals surface area (Å²) in [7, 11) is 0. The smallest absolute Gasteiger partial charge is 0.409 e. The van der Waals surface area contributed by atoms with E-state index in [1.54, 1.807) is 4.90 Å². The molecular formula is C22H34N4O3. The van der Waals surface area contributed by atoms with Crippen molar-refractivity contribution in [2.45, 2.75) is 32.1 Å². The third-order valence-electron chi connectivity index (χ3n) is 5.81. The van der Waals surface area contributed by atoms with Crippen LogP contribution in [-0.4, -0.2) is 80.9 Å². The fraction of sp³-hybridized carbons (Fsp3) is 0.636. The van der Waals surface area contributed by atoms with E-state index in [-0.39, 0.29) is 11.5 Å². The average Bonchev–Trinajstić information content (AvgIpc) is 2.78. The van der Waals surface area contributed by atoms with Crippen LogP contribution in [0, 0.1) is 0 Å². The Morgan fingerprint density at radius 2 is 1.76 bits per heavy atom. The molecule has 0 unspecified atom stereocenters. The molecule has 2 saturated heterocycles. The Kier molecular flexibility index (Phi) is 7.75. The summed E-state index contributed by atoms with van der Waals surface area (Å²) in [4.78, 5) is 21.0. The lowest BCUT2D eigenvalue weighted by Gasteiger charge is -2.38. The minimum Gasteiger partial charge on any atom is -0.450 e. The fourth-order valence-corrected chi connectivity index (χ4v) is 4.06. The first-order valence-electron chi connectivity index (χ1n) is 10.8. The molecule has 1 amide bonds. The summed E-state index contributed by atoms with van der Waals surface area (Å²) in [6.45, 7) is 10.3. The quantitative estimate of drug-likeness (QED) is 0.605. The van der Waals surface area contributed by atoms with Gasteiger partial charge in [-0.3, -0.25) is 4.99 Å². The molecule has 0 radical (unpaired) electrons. The molecule has 3 rings (SSSR count). The normalized spacial score (nSPS) is 19.7. The monoisotopic (exact) mass is 402 g/mol. The number of guanidine groups is 1. The van der Waals surface area contributed by atoms with Crippen molar-refractivity contribution in [3.05, 3.63) is 35.9 Å². The van der Waals surface area contributed by atoms with Crippen LogP contribution in [0.25, 0.3) is 0 Å². The van der Waals surface area contributed by atoms with Gasteiger partial charge in [-0.25, -0.2) is 4.79 Å². The molecule has 0 saturated carbocycles. The van der Waals surface area contributed by atoms with Crippen molar-refractivity contribution in [2.75, 3.05) is 59.1 Å². The fourth-order valence-electron chi connectivity index (χ4n) is 4.06. The molecule has 29 heavy (non-hydrogen) atoms. The topological polar surface area (TPSA) is 66.4 Å². The van der Waals surface area contributed by atoms with Gasteiger partial charge >= 0.3 is 6.09 Å². The molecule has 7 nitrogen and oxygen atoms in total. The van der Waals surface area contributed by atoms with Crippen molar-refractivity contribution in [3.63, 3.8) is 0 Å². The molecule has 7 heteroatoms. The summed E-state index contributed by atoms with van der Waals surface area (Å²) >= 11 is 0. The number of ether oxygens (including phenoxy) is 2. The molecule has 2 aliphatic heterocycles. The van der Waals surface area contributed by atoms with E-state index in [1.165, 1.54) is 5.56 Å². The van der Waals surface area contributed by atoms with Gasteiger partial charge in [-0.2, -0.15) is 0 Å². The Balaban J connectivity index is 1.70. The van der Waals surface area contributed by atoms with Crippen LogP contribution in [0.15, 0.2) is 35.3 Å². The van der Waals surface area contributed by atoms with Crippen LogP contribution >= 0.6 is 0 Å². The minimum absolute atomic E-state index is 0.0208. The molecule has 0 spiro atoms. The van der Waals surface area contributed by atoms with Gasteiger partial charge in [-0.1, -0.05) is 30.3 Å². The second-order valence-corrected chi connectivity index (χ2v) is 7.60. The number of nitrogens with one attached hydrogen (secondary N) is 1. The van der Waals surface area contributed by atoms with Crippen LogP contribution in [0.2, 0.25) is 0 Å². The molecule has 1 aromatic rings. The van der Waals surface area contributed by atoms with Gasteiger partial charge in [0, 0.05) is 51.4 Å². The second kappa shape index (κ2) is 10.5. The highest BCUT2D eigenvalue weighted by atomic mass is 16.6. The first-order chi connectivity index (χ1) is 14.2. The summed E-state index contributed by atoms with van der Waals surface area (Å²) in [5, 5.41) is 3.44. The zero-order chi connectivity index (χ0) is 20.5. The van der Waals surface area contributed by atoms with Crippen molar-refractivity contribution in [1.29, 1.82) is 0 Å². The van der Waals surface area contributed by atoms with Crippen molar-refractivity contribution >= 4 is 12.1 Å². The Labute approximate surface area is 174 Å². The Hall–Kier alpha value is -2.28. The predicted molar refractivity (Wildman–Crippen MR) is 114 cm³/mol. The Morgan fingerprint density at radius 1 is 1.10 bits per heavy atom. The van der Waals surface area contributed by atoms with Crippen molar-refractivity contribution < 1.29 is 14.3 Å². The molecule has 2 heterocycles. The third kappa shape index (κ3) is 5.41. The van der Waals surface area contributed by atoms with Crippen LogP contribution in [0.4, 0.5) is 4.79 Å². The Morgan fingerprint density at radius 3 is 2.38 bits per heavy atom. The number of aliphatic imine (C=N–C) groups is 1. The number of hydrogen-bond donors (Lipinski definition) is 1. The highest BCUT2D eigenvalue weighted by molar-refractivity contribution is 5.80. The maximum atomic E-state index is 12.0. The summed E-state index contributed by atoms with van der Waals surface area (Å²) < 4.78 is 10.8. The SMILES string of the molecule is CCNC(=NCC1(c2ccccc2)CCOCC1)N1CCN(C(=O)OCC)CC1. The summed E-state index contributed by atoms with van der Waals surface area (Å²) in [5.74, 6) is 0.929. The molecule has 1 N–H and O–H groups in total. The average molecular weight is 403 g/mol. The number of carbonyl (C=O) groups excluding carboxylic acids is 1. The molecule has 0 aliphatic carbocycles. The zero-order valence-electron chi connectivity index (χ0n) is 17.7. The van der Waals surface area contributed by atoms with Crippen LogP contribution < -0.4 is 5.32 Å². The van der Waals surface area contributed by atoms with E-state index >= 15 is 0 Å². The van der Waals surface area contributed by atoms with E-state index in [0.717, 1.165) is 58.2 Å². The summed E-state index contributed by atoms with van der Waals surface area (Å²) in [5.41, 5.74) is 1.36. The van der Waals surface area contributed by atoms with Crippen molar-refractivity contribution in [2.24, 2.45) is 4.99 Å². The molecule has 2 fully saturated rings. The van der Waals surface area contributed by atoms with Gasteiger partial charge in [-0.05, 0) is 32.3 Å². The van der Waals surface area contributed by atoms with Gasteiger partial charge in [0.15, 0.2) is 5.96 Å². The van der Waals surface area contributed by atoms with Crippen LogP contribution in [0.1, 0.15) is 32.3 Å². The first-order valence-corrected chi connectivity index (χ1v) is 10.8. The van der Waals surface area contributed by atoms with E-state index in [9.17, 15) is 4.79 Å². The van der Waals surface area contributed by atoms with E-state index < -0.39 is 0 Å². The lowest BCUT2D eigenvalue weighted by atomic mass is 9.74. The van der Waals surface area contributed by atoms with E-state index in [1.807, 2.05) is 6.92 Å². The van der Waals surface area contributed by atoms with E-state index in [2.05, 4.69) is 47.5 Å². The summed E-state index contributed by atoms with van der Waals surface area (Å²) in [6, 6.07) is 10.7. The van der Waals surface area contributed by atoms with Crippen LogP contribution in [-0.2, 0) is 14.9 Å². The number of rotatable bonds is 5. The molecule has 160 valence electrons. The minimum atomic E-state index is -0.223. The number of nitrogens with zero attached hydrogens (tertiary/aromatic N) is 3. The number of carbonyl (C=O) groups is 1. The molecule has 1 aromatic carbocycles. The highest BCUT2D eigenvalue weighted by Gasteiger charge is 2.34. The maximum absolute atomic E-state index is 12.0. The van der Waals surface area contributed by atoms with Crippen LogP contribution in [0.5, 0.6) is 0 Å². The molecule has 0 atom stereocenters. The first kappa shape index (κ1) is 21.4. The third-order valence-corrected chi connectivity index (χ3v) is 5.81. The summed E-state index contributed by atoms with van der Waals surface area (Å²) in [6.07, 6.45) is 1.74. The standard InChI is InChI=1S/C22H34N4O3/c1-3-23-20(25-12-14-26(15-13-25)21(27)29-4-2)24-18-22(10-16-28-17-11-22)19-8-6-5-7-9-19/h5-9H,3-4,10-18H2,1-2H3,(H,23,24). The van der Waals surface area contributed by atoms with Gasteiger partial charge in [-0.15, -0.1) is 0 Å². The van der Waals surface area contributed by atoms with E-state index in [4.69, 9.17) is 14.5 Å². The van der Waals surface area contributed by atoms with Gasteiger partial charge in [0.25, 0.3) is 0 Å². The highest BCUT2D eigenvalue weighted by Crippen LogP contribution is 2.35. The lowest BCUT2D eigenvalue weighted by molar-refractivity contribution is 0.0529.